The lowest BCUT2D eigenvalue weighted by Crippen LogP contribution is -2.70. The molecule has 8 unspecified atom stereocenters. The fourth-order valence-corrected chi connectivity index (χ4v) is 5.96. The lowest BCUT2D eigenvalue weighted by molar-refractivity contribution is -0.400. The summed E-state index contributed by atoms with van der Waals surface area (Å²) in [6.07, 6.45) is -42.8. The summed E-state index contributed by atoms with van der Waals surface area (Å²) in [5, 5.41) is 121. The van der Waals surface area contributed by atoms with Gasteiger partial charge in [-0.3, -0.25) is 4.79 Å². The predicted octanol–water partition coefficient (Wildman–Crippen LogP) is -10.3. The summed E-state index contributed by atoms with van der Waals surface area (Å²) in [4.78, 5) is 47.9. The van der Waals surface area contributed by atoms with Crippen molar-refractivity contribution in [3.8, 4) is 0 Å². The molecule has 0 saturated carbocycles. The lowest BCUT2D eigenvalue weighted by Gasteiger charge is -2.49. The number of Topliss-reactive ketones (excluding diaryl/α,β-unsaturated/α-hetero) is 1. The van der Waals surface area contributed by atoms with Crippen molar-refractivity contribution in [1.82, 2.24) is 0 Å². The molecule has 24 heteroatoms. The number of aliphatic hydroxyl groups excluding tert-OH is 8. The van der Waals surface area contributed by atoms with Gasteiger partial charge in [-0.2, -0.15) is 0 Å². The van der Waals surface area contributed by atoms with Gasteiger partial charge in [-0.05, 0) is 6.92 Å². The van der Waals surface area contributed by atoms with E-state index in [1.807, 2.05) is 0 Å². The number of methoxy groups -OCH3 is 2. The van der Waals surface area contributed by atoms with Crippen LogP contribution in [-0.4, -0.2) is 202 Å². The largest absolute Gasteiger partial charge is 0.547 e. The highest BCUT2D eigenvalue weighted by atomic mass is 16.8. The van der Waals surface area contributed by atoms with Gasteiger partial charge >= 0.3 is 0 Å². The average molecular weight is 778 g/mol. The van der Waals surface area contributed by atoms with E-state index in [2.05, 4.69) is 0 Å². The summed E-state index contributed by atoms with van der Waals surface area (Å²) in [7, 11) is 2.10. The zero-order chi connectivity index (χ0) is 38.2. The van der Waals surface area contributed by atoms with Gasteiger partial charge in [-0.1, -0.05) is 14.9 Å². The number of carbonyl (C=O) groups excluding carboxylic acids is 4. The molecule has 4 fully saturated rings. The fourth-order valence-electron chi connectivity index (χ4n) is 5.96. The second-order valence-corrected chi connectivity index (χ2v) is 11.9. The van der Waals surface area contributed by atoms with Gasteiger partial charge in [0, 0.05) is 14.2 Å². The minimum Gasteiger partial charge on any atom is -0.547 e. The van der Waals surface area contributed by atoms with Gasteiger partial charge in [0.25, 0.3) is 0 Å². The summed E-state index contributed by atoms with van der Waals surface area (Å²) in [6, 6.07) is 0. The van der Waals surface area contributed by atoms with E-state index in [9.17, 15) is 75.3 Å². The number of rotatable bonds is 12. The summed E-state index contributed by atoms with van der Waals surface area (Å²) in [5.74, 6) is -7.07. The summed E-state index contributed by atoms with van der Waals surface area (Å²) in [6.45, 7) is 1.04. The monoisotopic (exact) mass is 777 g/mol. The highest BCUT2D eigenvalue weighted by Gasteiger charge is 2.56. The van der Waals surface area contributed by atoms with Gasteiger partial charge in [0.2, 0.25) is 0 Å². The first-order chi connectivity index (χ1) is 23.9. The van der Waals surface area contributed by atoms with Crippen molar-refractivity contribution in [1.29, 1.82) is 0 Å². The molecule has 53 heavy (non-hydrogen) atoms. The molecule has 4 aliphatic rings. The van der Waals surface area contributed by atoms with Crippen molar-refractivity contribution in [3.63, 3.8) is 0 Å². The quantitative estimate of drug-likeness (QED) is 0.0911. The molecule has 0 aromatic heterocycles. The molecule has 0 spiro atoms. The zero-order valence-electron chi connectivity index (χ0n) is 26.7. The van der Waals surface area contributed by atoms with Gasteiger partial charge in [-0.15, -0.1) is 0 Å². The Hall–Kier alpha value is -2.60. The number of ether oxygens (including phenoxy) is 9. The van der Waals surface area contributed by atoms with E-state index >= 15 is 0 Å². The number of aliphatic carboxylic acids is 3. The molecule has 4 aliphatic heterocycles. The molecule has 0 aliphatic carbocycles. The molecule has 308 valence electrons. The van der Waals surface area contributed by atoms with Crippen molar-refractivity contribution in [3.05, 3.63) is 0 Å². The van der Waals surface area contributed by atoms with E-state index in [-0.39, 0.29) is 14.9 Å². The SMILES string of the molecule is C.C.CO[C@@H]1O[C@@H](C(=O)[O-])[C@@H](O[C@@H]2OC(C(=O)[O-])[C@@H](O[C@@H]3O[C@@H](C(=O)[O-])[C@@H](O[C@@H]4OC(C(C)=O)[C@@H](OC)[C@@H](O)C4O)C(O)C3O)[C@H](O)C2O)C(O)C1O. The lowest BCUT2D eigenvalue weighted by atomic mass is 9.94. The van der Waals surface area contributed by atoms with E-state index in [1.54, 1.807) is 0 Å². The van der Waals surface area contributed by atoms with E-state index in [1.165, 1.54) is 0 Å². The molecule has 0 amide bonds. The van der Waals surface area contributed by atoms with Gasteiger partial charge in [0.15, 0.2) is 30.9 Å². The molecule has 0 aromatic rings. The number of carboxylic acid groups (broad SMARTS) is 3. The Kier molecular flexibility index (Phi) is 16.5. The molecule has 0 bridgehead atoms. The Morgan fingerprint density at radius 1 is 0.434 bits per heavy atom. The van der Waals surface area contributed by atoms with Crippen LogP contribution in [0.15, 0.2) is 0 Å². The number of aliphatic hydroxyl groups is 8. The third kappa shape index (κ3) is 9.27. The van der Waals surface area contributed by atoms with E-state index < -0.39 is 147 Å². The Labute approximate surface area is 300 Å². The first kappa shape index (κ1) is 46.6. The van der Waals surface area contributed by atoms with Crippen LogP contribution in [0.3, 0.4) is 0 Å². The Balaban J connectivity index is 0.00000486. The van der Waals surface area contributed by atoms with Crippen LogP contribution in [0.4, 0.5) is 0 Å². The maximum absolute atomic E-state index is 12.1. The number of hydrogen-bond acceptors (Lipinski definition) is 24. The van der Waals surface area contributed by atoms with Crippen LogP contribution in [0.2, 0.25) is 0 Å². The van der Waals surface area contributed by atoms with Crippen LogP contribution in [0.1, 0.15) is 21.8 Å². The van der Waals surface area contributed by atoms with Crippen molar-refractivity contribution in [2.24, 2.45) is 0 Å². The normalized spacial score (nSPS) is 45.9. The van der Waals surface area contributed by atoms with E-state index in [0.29, 0.717) is 0 Å². The summed E-state index contributed by atoms with van der Waals surface area (Å²) in [5.41, 5.74) is 0. The molecule has 24 nitrogen and oxygen atoms in total. The maximum atomic E-state index is 12.1. The molecular weight excluding hydrogens is 732 g/mol. The second kappa shape index (κ2) is 18.8. The summed E-state index contributed by atoms with van der Waals surface area (Å²) < 4.78 is 46.1. The molecule has 20 atom stereocenters. The molecule has 4 saturated heterocycles. The Bertz CT molecular complexity index is 1250. The smallest absolute Gasteiger partial charge is 0.187 e. The van der Waals surface area contributed by atoms with Crippen molar-refractivity contribution in [2.75, 3.05) is 14.2 Å². The van der Waals surface area contributed by atoms with Gasteiger partial charge in [0.05, 0.1) is 17.9 Å². The highest BCUT2D eigenvalue weighted by molar-refractivity contribution is 5.81. The summed E-state index contributed by atoms with van der Waals surface area (Å²) >= 11 is 0. The first-order valence-electron chi connectivity index (χ1n) is 15.1. The minimum absolute atomic E-state index is 0. The number of ketones is 1. The van der Waals surface area contributed by atoms with Crippen molar-refractivity contribution in [2.45, 2.75) is 145 Å². The van der Waals surface area contributed by atoms with Crippen LogP contribution in [0.5, 0.6) is 0 Å². The predicted molar refractivity (Wildman–Crippen MR) is 154 cm³/mol. The van der Waals surface area contributed by atoms with Crippen LogP contribution < -0.4 is 15.3 Å². The van der Waals surface area contributed by atoms with Crippen LogP contribution in [-0.2, 0) is 61.8 Å². The zero-order valence-corrected chi connectivity index (χ0v) is 26.7. The van der Waals surface area contributed by atoms with Crippen molar-refractivity contribution < 1.29 is 118 Å². The standard InChI is InChI=1S/C27H40O24.2CH4/c1-4(28)13-14(43-2)5(29)10(34)25(45-13)46-16-7(31)11(35)27(50-19(16)22(39)40)48-17-8(32)12(36)26(51-20(17)23(41)42)47-15-6(30)9(33)24(44-3)49-18(15)21(37)38;;/h5-20,24-27,29-36H,1-3H3,(H,37,38)(H,39,40)(H,41,42);2*1H4/p-3/t5-,6?,7?,8+,9?,10?,11?,12?,13?,14-,15-,16-,17-,18+,19+,20?,24+,25-,26+,27+;;/m0../s1. The topological polar surface area (TPSA) is 382 Å². The van der Waals surface area contributed by atoms with E-state index in [0.717, 1.165) is 21.1 Å². The molecule has 0 aromatic carbocycles. The van der Waals surface area contributed by atoms with Crippen LogP contribution in [0.25, 0.3) is 0 Å². The van der Waals surface area contributed by atoms with Crippen LogP contribution in [0, 0.1) is 0 Å². The molecule has 4 heterocycles. The number of carbonyl (C=O) groups is 4. The number of carboxylic acids is 3. The fraction of sp³-hybridized carbons (Fsp3) is 0.862. The Morgan fingerprint density at radius 3 is 0.962 bits per heavy atom. The molecule has 4 rings (SSSR count). The number of hydrogen-bond donors (Lipinski definition) is 8. The van der Waals surface area contributed by atoms with Crippen LogP contribution >= 0.6 is 0 Å². The first-order valence-corrected chi connectivity index (χ1v) is 15.1. The van der Waals surface area contributed by atoms with Gasteiger partial charge in [-0.25, -0.2) is 0 Å². The molecule has 8 N–H and O–H groups in total. The average Bonchev–Trinajstić information content (AvgIpc) is 3.07. The third-order valence-electron chi connectivity index (χ3n) is 8.65. The molecule has 0 radical (unpaired) electrons. The second-order valence-electron chi connectivity index (χ2n) is 11.9. The van der Waals surface area contributed by atoms with Gasteiger partial charge in [0.1, 0.15) is 97.7 Å². The van der Waals surface area contributed by atoms with E-state index in [4.69, 9.17) is 42.6 Å². The highest BCUT2D eigenvalue weighted by Crippen LogP contribution is 2.34. The minimum atomic E-state index is -2.51. The van der Waals surface area contributed by atoms with Crippen molar-refractivity contribution >= 4 is 23.7 Å². The third-order valence-corrected chi connectivity index (χ3v) is 8.65. The Morgan fingerprint density at radius 2 is 0.698 bits per heavy atom. The molecular formula is C29H45O24-3. The maximum Gasteiger partial charge on any atom is 0.187 e. The van der Waals surface area contributed by atoms with Gasteiger partial charge < -0.3 is 113 Å².